The van der Waals surface area contributed by atoms with E-state index in [1.54, 1.807) is 7.11 Å². The van der Waals surface area contributed by atoms with Gasteiger partial charge >= 0.3 is 0 Å². The Bertz CT molecular complexity index is 751. The van der Waals surface area contributed by atoms with Gasteiger partial charge in [0.1, 0.15) is 18.2 Å². The van der Waals surface area contributed by atoms with Gasteiger partial charge in [0.05, 0.1) is 19.8 Å². The van der Waals surface area contributed by atoms with Crippen molar-refractivity contribution in [3.8, 4) is 17.2 Å². The molecule has 0 saturated carbocycles. The van der Waals surface area contributed by atoms with E-state index in [1.807, 2.05) is 12.1 Å². The molecule has 0 radical (unpaired) electrons. The standard InChI is InChI=1S/C22H28FNO4/c1-26-18-7-5-16(6-8-18)4-2-3-10-24-11-13-27-21-15-17(23)14-19-20(25)9-12-28-22(19)21/h5-8,14-15,20,24-25H,2-4,9-13H2,1H3/t20-/m1/s1. The number of ether oxygens (including phenoxy) is 3. The number of halogens is 1. The predicted octanol–water partition coefficient (Wildman–Crippen LogP) is 3.64. The highest BCUT2D eigenvalue weighted by atomic mass is 19.1. The van der Waals surface area contributed by atoms with E-state index in [0.29, 0.717) is 43.2 Å². The Morgan fingerprint density at radius 1 is 1.18 bits per heavy atom. The molecule has 0 amide bonds. The lowest BCUT2D eigenvalue weighted by molar-refractivity contribution is 0.111. The molecule has 28 heavy (non-hydrogen) atoms. The van der Waals surface area contributed by atoms with Crippen molar-refractivity contribution in [1.29, 1.82) is 0 Å². The molecule has 5 nitrogen and oxygen atoms in total. The van der Waals surface area contributed by atoms with E-state index in [1.165, 1.54) is 17.7 Å². The van der Waals surface area contributed by atoms with Gasteiger partial charge in [0.25, 0.3) is 0 Å². The van der Waals surface area contributed by atoms with Crippen LogP contribution in [0.4, 0.5) is 4.39 Å². The number of rotatable bonds is 10. The van der Waals surface area contributed by atoms with Gasteiger partial charge in [-0.15, -0.1) is 0 Å². The smallest absolute Gasteiger partial charge is 0.167 e. The van der Waals surface area contributed by atoms with E-state index in [2.05, 4.69) is 17.4 Å². The number of hydrogen-bond acceptors (Lipinski definition) is 5. The minimum Gasteiger partial charge on any atom is -0.497 e. The molecule has 0 fully saturated rings. The first-order valence-corrected chi connectivity index (χ1v) is 9.78. The molecule has 1 aliphatic heterocycles. The van der Waals surface area contributed by atoms with Gasteiger partial charge in [-0.1, -0.05) is 12.1 Å². The first-order chi connectivity index (χ1) is 13.7. The van der Waals surface area contributed by atoms with Crippen LogP contribution < -0.4 is 19.5 Å². The summed E-state index contributed by atoms with van der Waals surface area (Å²) in [7, 11) is 1.67. The quantitative estimate of drug-likeness (QED) is 0.608. The van der Waals surface area contributed by atoms with Crippen LogP contribution in [0.25, 0.3) is 0 Å². The van der Waals surface area contributed by atoms with Gasteiger partial charge in [0.15, 0.2) is 11.5 Å². The van der Waals surface area contributed by atoms with Crippen LogP contribution in [0.15, 0.2) is 36.4 Å². The average Bonchev–Trinajstić information content (AvgIpc) is 2.71. The molecular formula is C22H28FNO4. The van der Waals surface area contributed by atoms with Crippen LogP contribution in [-0.2, 0) is 6.42 Å². The van der Waals surface area contributed by atoms with E-state index in [-0.39, 0.29) is 0 Å². The maximum atomic E-state index is 13.8. The predicted molar refractivity (Wildman–Crippen MR) is 106 cm³/mol. The molecule has 6 heteroatoms. The van der Waals surface area contributed by atoms with Gasteiger partial charge in [-0.2, -0.15) is 0 Å². The van der Waals surface area contributed by atoms with E-state index in [0.717, 1.165) is 31.6 Å². The largest absolute Gasteiger partial charge is 0.497 e. The van der Waals surface area contributed by atoms with Gasteiger partial charge in [-0.25, -0.2) is 4.39 Å². The molecule has 0 bridgehead atoms. The van der Waals surface area contributed by atoms with Crippen molar-refractivity contribution in [3.63, 3.8) is 0 Å². The van der Waals surface area contributed by atoms with Gasteiger partial charge in [-0.05, 0) is 49.6 Å². The molecule has 1 heterocycles. The summed E-state index contributed by atoms with van der Waals surface area (Å²) in [5, 5.41) is 13.3. The number of fused-ring (bicyclic) bond motifs is 1. The minimum atomic E-state index is -0.703. The molecule has 2 aromatic rings. The monoisotopic (exact) mass is 389 g/mol. The van der Waals surface area contributed by atoms with Gasteiger partial charge < -0.3 is 24.6 Å². The Morgan fingerprint density at radius 2 is 2.00 bits per heavy atom. The normalized spacial score (nSPS) is 15.6. The lowest BCUT2D eigenvalue weighted by Gasteiger charge is -2.24. The Hall–Kier alpha value is -2.31. The van der Waals surface area contributed by atoms with Crippen molar-refractivity contribution in [2.45, 2.75) is 31.8 Å². The van der Waals surface area contributed by atoms with Crippen LogP contribution in [0.1, 0.15) is 36.5 Å². The fourth-order valence-corrected chi connectivity index (χ4v) is 3.26. The summed E-state index contributed by atoms with van der Waals surface area (Å²) in [4.78, 5) is 0. The van der Waals surface area contributed by atoms with E-state index in [9.17, 15) is 9.50 Å². The van der Waals surface area contributed by atoms with Crippen molar-refractivity contribution >= 4 is 0 Å². The first kappa shape index (κ1) is 20.4. The minimum absolute atomic E-state index is 0.357. The van der Waals surface area contributed by atoms with Crippen LogP contribution in [0.3, 0.4) is 0 Å². The third kappa shape index (κ3) is 5.59. The van der Waals surface area contributed by atoms with Crippen LogP contribution >= 0.6 is 0 Å². The zero-order valence-corrected chi connectivity index (χ0v) is 16.2. The van der Waals surface area contributed by atoms with Crippen molar-refractivity contribution in [3.05, 3.63) is 53.3 Å². The fourth-order valence-electron chi connectivity index (χ4n) is 3.26. The summed E-state index contributed by atoms with van der Waals surface area (Å²) >= 11 is 0. The topological polar surface area (TPSA) is 60.0 Å². The molecule has 0 aromatic heterocycles. The third-order valence-electron chi connectivity index (χ3n) is 4.81. The third-order valence-corrected chi connectivity index (χ3v) is 4.81. The Labute approximate surface area is 165 Å². The fraction of sp³-hybridized carbons (Fsp3) is 0.455. The van der Waals surface area contributed by atoms with E-state index in [4.69, 9.17) is 14.2 Å². The average molecular weight is 389 g/mol. The van der Waals surface area contributed by atoms with Crippen molar-refractivity contribution in [2.75, 3.05) is 33.4 Å². The number of aryl methyl sites for hydroxylation is 1. The lowest BCUT2D eigenvalue weighted by atomic mass is 10.0. The number of unbranched alkanes of at least 4 members (excludes halogenated alkanes) is 1. The van der Waals surface area contributed by atoms with Crippen molar-refractivity contribution in [2.24, 2.45) is 0 Å². The molecule has 2 aromatic carbocycles. The van der Waals surface area contributed by atoms with Crippen LogP contribution in [0.5, 0.6) is 17.2 Å². The Balaban J connectivity index is 1.33. The first-order valence-electron chi connectivity index (χ1n) is 9.78. The number of hydrogen-bond donors (Lipinski definition) is 2. The SMILES string of the molecule is COc1ccc(CCCCNCCOc2cc(F)cc3c2OCC[C@H]3O)cc1. The zero-order chi connectivity index (χ0) is 19.8. The molecule has 0 spiro atoms. The van der Waals surface area contributed by atoms with E-state index < -0.39 is 11.9 Å². The molecule has 0 saturated heterocycles. The Kier molecular flexibility index (Phi) is 7.51. The molecule has 2 N–H and O–H groups in total. The number of benzene rings is 2. The summed E-state index contributed by atoms with van der Waals surface area (Å²) in [6.45, 7) is 2.38. The highest BCUT2D eigenvalue weighted by molar-refractivity contribution is 5.49. The molecule has 0 aliphatic carbocycles. The second-order valence-electron chi connectivity index (χ2n) is 6.88. The summed E-state index contributed by atoms with van der Waals surface area (Å²) in [5.41, 5.74) is 1.77. The molecule has 3 rings (SSSR count). The Morgan fingerprint density at radius 3 is 2.79 bits per heavy atom. The number of nitrogens with one attached hydrogen (secondary N) is 1. The van der Waals surface area contributed by atoms with Crippen molar-refractivity contribution < 1.29 is 23.7 Å². The van der Waals surface area contributed by atoms with Crippen LogP contribution in [0.2, 0.25) is 0 Å². The number of aliphatic hydroxyl groups excluding tert-OH is 1. The number of aliphatic hydroxyl groups is 1. The summed E-state index contributed by atoms with van der Waals surface area (Å²) in [6.07, 6.45) is 2.97. The highest BCUT2D eigenvalue weighted by Crippen LogP contribution is 2.40. The second-order valence-corrected chi connectivity index (χ2v) is 6.88. The van der Waals surface area contributed by atoms with Crippen LogP contribution in [-0.4, -0.2) is 38.5 Å². The maximum absolute atomic E-state index is 13.8. The van der Waals surface area contributed by atoms with Gasteiger partial charge in [-0.3, -0.25) is 0 Å². The molecule has 0 unspecified atom stereocenters. The van der Waals surface area contributed by atoms with Gasteiger partial charge in [0.2, 0.25) is 0 Å². The molecule has 152 valence electrons. The summed E-state index contributed by atoms with van der Waals surface area (Å²) in [6, 6.07) is 10.8. The molecule has 1 aliphatic rings. The van der Waals surface area contributed by atoms with Crippen molar-refractivity contribution in [1.82, 2.24) is 5.32 Å². The molecular weight excluding hydrogens is 361 g/mol. The molecule has 1 atom stereocenters. The summed E-state index contributed by atoms with van der Waals surface area (Å²) in [5.74, 6) is 1.27. The zero-order valence-electron chi connectivity index (χ0n) is 16.2. The second kappa shape index (κ2) is 10.3. The lowest BCUT2D eigenvalue weighted by Crippen LogP contribution is -2.23. The van der Waals surface area contributed by atoms with Gasteiger partial charge in [0, 0.05) is 24.6 Å². The maximum Gasteiger partial charge on any atom is 0.167 e. The summed E-state index contributed by atoms with van der Waals surface area (Å²) < 4.78 is 30.2. The van der Waals surface area contributed by atoms with Crippen LogP contribution in [0, 0.1) is 5.82 Å². The highest BCUT2D eigenvalue weighted by Gasteiger charge is 2.24. The van der Waals surface area contributed by atoms with E-state index >= 15 is 0 Å². The number of methoxy groups -OCH3 is 1.